The molecule has 5 heteroatoms. The fourth-order valence-electron chi connectivity index (χ4n) is 1.69. The molecule has 0 bridgehead atoms. The zero-order valence-electron chi connectivity index (χ0n) is 10.3. The maximum Gasteiger partial charge on any atom is 0.335 e. The van der Waals surface area contributed by atoms with Gasteiger partial charge in [0.2, 0.25) is 0 Å². The van der Waals surface area contributed by atoms with E-state index in [4.69, 9.17) is 5.11 Å². The van der Waals surface area contributed by atoms with Crippen molar-refractivity contribution in [3.63, 3.8) is 0 Å². The summed E-state index contributed by atoms with van der Waals surface area (Å²) in [5.41, 5.74) is 2.96. The second kappa shape index (κ2) is 4.91. The number of rotatable bonds is 4. The quantitative estimate of drug-likeness (QED) is 0.869. The lowest BCUT2D eigenvalue weighted by molar-refractivity contribution is 0.0697. The molecule has 1 aromatic carbocycles. The van der Waals surface area contributed by atoms with Crippen LogP contribution in [0.5, 0.6) is 0 Å². The van der Waals surface area contributed by atoms with Gasteiger partial charge in [0.15, 0.2) is 0 Å². The van der Waals surface area contributed by atoms with E-state index < -0.39 is 5.97 Å². The molecule has 0 aliphatic rings. The van der Waals surface area contributed by atoms with E-state index in [2.05, 4.69) is 10.4 Å². The third-order valence-corrected chi connectivity index (χ3v) is 2.71. The van der Waals surface area contributed by atoms with E-state index in [1.165, 1.54) is 0 Å². The summed E-state index contributed by atoms with van der Waals surface area (Å²) in [4.78, 5) is 10.8. The second-order valence-electron chi connectivity index (χ2n) is 4.04. The maximum atomic E-state index is 10.8. The summed E-state index contributed by atoms with van der Waals surface area (Å²) in [6.07, 6.45) is 3.65. The van der Waals surface area contributed by atoms with Crippen LogP contribution in [0, 0.1) is 6.92 Å². The number of nitrogens with one attached hydrogen (secondary N) is 1. The Kier molecular flexibility index (Phi) is 3.32. The molecule has 0 aliphatic heterocycles. The number of aryl methyl sites for hydroxylation is 2. The van der Waals surface area contributed by atoms with Crippen LogP contribution in [-0.2, 0) is 6.54 Å². The molecule has 2 N–H and O–H groups in total. The van der Waals surface area contributed by atoms with Gasteiger partial charge in [-0.25, -0.2) is 4.79 Å². The van der Waals surface area contributed by atoms with E-state index in [1.54, 1.807) is 24.4 Å². The summed E-state index contributed by atoms with van der Waals surface area (Å²) in [7, 11) is 0. The molecule has 2 rings (SSSR count). The van der Waals surface area contributed by atoms with Gasteiger partial charge in [0, 0.05) is 18.4 Å². The Balaban J connectivity index is 2.21. The topological polar surface area (TPSA) is 67.2 Å². The Hall–Kier alpha value is -2.30. The summed E-state index contributed by atoms with van der Waals surface area (Å²) >= 11 is 0. The third-order valence-electron chi connectivity index (χ3n) is 2.71. The highest BCUT2D eigenvalue weighted by Gasteiger charge is 2.06. The summed E-state index contributed by atoms with van der Waals surface area (Å²) in [6, 6.07) is 5.00. The molecule has 2 aromatic rings. The molecule has 18 heavy (non-hydrogen) atoms. The Bertz CT molecular complexity index is 575. The molecule has 5 nitrogen and oxygen atoms in total. The van der Waals surface area contributed by atoms with Gasteiger partial charge >= 0.3 is 5.97 Å². The number of nitrogens with zero attached hydrogens (tertiary/aromatic N) is 2. The number of hydrogen-bond donors (Lipinski definition) is 2. The van der Waals surface area contributed by atoms with E-state index >= 15 is 0 Å². The molecule has 94 valence electrons. The first kappa shape index (κ1) is 12.2. The lowest BCUT2D eigenvalue weighted by atomic mass is 10.1. The van der Waals surface area contributed by atoms with Crippen LogP contribution >= 0.6 is 0 Å². The highest BCUT2D eigenvalue weighted by Crippen LogP contribution is 2.21. The van der Waals surface area contributed by atoms with Crippen molar-refractivity contribution < 1.29 is 9.90 Å². The fourth-order valence-corrected chi connectivity index (χ4v) is 1.69. The van der Waals surface area contributed by atoms with Gasteiger partial charge in [0.1, 0.15) is 0 Å². The number of carbonyl (C=O) groups is 1. The molecule has 0 spiro atoms. The normalized spacial score (nSPS) is 10.3. The molecule has 0 aliphatic carbocycles. The molecule has 0 saturated heterocycles. The van der Waals surface area contributed by atoms with Crippen LogP contribution in [0.1, 0.15) is 22.8 Å². The Morgan fingerprint density at radius 3 is 2.83 bits per heavy atom. The number of aromatic carboxylic acids is 1. The van der Waals surface area contributed by atoms with Crippen LogP contribution in [0.15, 0.2) is 30.6 Å². The predicted molar refractivity (Wildman–Crippen MR) is 69.3 cm³/mol. The van der Waals surface area contributed by atoms with Crippen molar-refractivity contribution in [3.8, 4) is 0 Å². The second-order valence-corrected chi connectivity index (χ2v) is 4.04. The Labute approximate surface area is 105 Å². The minimum Gasteiger partial charge on any atom is -0.478 e. The molecule has 0 amide bonds. The van der Waals surface area contributed by atoms with Crippen LogP contribution in [0.2, 0.25) is 0 Å². The highest BCUT2D eigenvalue weighted by atomic mass is 16.4. The molecule has 0 saturated carbocycles. The Morgan fingerprint density at radius 2 is 2.28 bits per heavy atom. The van der Waals surface area contributed by atoms with E-state index in [0.29, 0.717) is 5.56 Å². The highest BCUT2D eigenvalue weighted by molar-refractivity contribution is 5.88. The largest absolute Gasteiger partial charge is 0.478 e. The number of aromatic nitrogens is 2. The van der Waals surface area contributed by atoms with Gasteiger partial charge in [0.05, 0.1) is 17.4 Å². The van der Waals surface area contributed by atoms with E-state index in [-0.39, 0.29) is 0 Å². The lowest BCUT2D eigenvalue weighted by Crippen LogP contribution is -1.99. The van der Waals surface area contributed by atoms with Gasteiger partial charge in [0.25, 0.3) is 0 Å². The number of benzene rings is 1. The van der Waals surface area contributed by atoms with Crippen LogP contribution in [-0.4, -0.2) is 20.9 Å². The minimum absolute atomic E-state index is 0.294. The van der Waals surface area contributed by atoms with Crippen LogP contribution in [0.25, 0.3) is 0 Å². The predicted octanol–water partition coefficient (Wildman–Crippen LogP) is 2.65. The van der Waals surface area contributed by atoms with Crippen molar-refractivity contribution in [1.82, 2.24) is 9.78 Å². The van der Waals surface area contributed by atoms with Gasteiger partial charge < -0.3 is 10.4 Å². The summed E-state index contributed by atoms with van der Waals surface area (Å²) in [6.45, 7) is 4.71. The van der Waals surface area contributed by atoms with E-state index in [1.807, 2.05) is 24.7 Å². The van der Waals surface area contributed by atoms with Crippen LogP contribution in [0.3, 0.4) is 0 Å². The number of carboxylic acid groups (broad SMARTS) is 1. The van der Waals surface area contributed by atoms with E-state index in [0.717, 1.165) is 23.5 Å². The van der Waals surface area contributed by atoms with Gasteiger partial charge in [-0.1, -0.05) is 0 Å². The Morgan fingerprint density at radius 1 is 1.50 bits per heavy atom. The molecule has 1 heterocycles. The zero-order valence-corrected chi connectivity index (χ0v) is 10.3. The minimum atomic E-state index is -0.913. The first-order valence-corrected chi connectivity index (χ1v) is 5.73. The molecular formula is C13H15N3O2. The molecule has 0 atom stereocenters. The maximum absolute atomic E-state index is 10.8. The molecular weight excluding hydrogens is 230 g/mol. The number of carboxylic acids is 1. The third kappa shape index (κ3) is 2.51. The SMILES string of the molecule is CCn1cc(Nc2ccc(C(=O)O)cc2C)cn1. The lowest BCUT2D eigenvalue weighted by Gasteiger charge is -2.08. The van der Waals surface area contributed by atoms with Crippen molar-refractivity contribution in [2.75, 3.05) is 5.32 Å². The first-order chi connectivity index (χ1) is 8.60. The van der Waals surface area contributed by atoms with Crippen LogP contribution in [0.4, 0.5) is 11.4 Å². The standard InChI is InChI=1S/C13H15N3O2/c1-3-16-8-11(7-14-16)15-12-5-4-10(13(17)18)6-9(12)2/h4-8,15H,3H2,1-2H3,(H,17,18). The summed E-state index contributed by atoms with van der Waals surface area (Å²) in [5, 5.41) is 16.3. The smallest absolute Gasteiger partial charge is 0.335 e. The molecule has 0 radical (unpaired) electrons. The first-order valence-electron chi connectivity index (χ1n) is 5.73. The van der Waals surface area contributed by atoms with Crippen molar-refractivity contribution in [3.05, 3.63) is 41.7 Å². The van der Waals surface area contributed by atoms with Gasteiger partial charge in [-0.2, -0.15) is 5.10 Å². The average molecular weight is 245 g/mol. The monoisotopic (exact) mass is 245 g/mol. The van der Waals surface area contributed by atoms with Crippen molar-refractivity contribution in [2.45, 2.75) is 20.4 Å². The van der Waals surface area contributed by atoms with Crippen molar-refractivity contribution >= 4 is 17.3 Å². The van der Waals surface area contributed by atoms with Gasteiger partial charge in [-0.05, 0) is 37.6 Å². The molecule has 0 fully saturated rings. The average Bonchev–Trinajstić information content (AvgIpc) is 2.79. The summed E-state index contributed by atoms with van der Waals surface area (Å²) in [5.74, 6) is -0.913. The van der Waals surface area contributed by atoms with Crippen LogP contribution < -0.4 is 5.32 Å². The number of anilines is 2. The van der Waals surface area contributed by atoms with Crippen molar-refractivity contribution in [1.29, 1.82) is 0 Å². The number of hydrogen-bond acceptors (Lipinski definition) is 3. The molecule has 0 unspecified atom stereocenters. The fraction of sp³-hybridized carbons (Fsp3) is 0.231. The van der Waals surface area contributed by atoms with Gasteiger partial charge in [-0.3, -0.25) is 4.68 Å². The van der Waals surface area contributed by atoms with Gasteiger partial charge in [-0.15, -0.1) is 0 Å². The van der Waals surface area contributed by atoms with E-state index in [9.17, 15) is 4.79 Å². The zero-order chi connectivity index (χ0) is 13.1. The summed E-state index contributed by atoms with van der Waals surface area (Å²) < 4.78 is 1.82. The molecule has 1 aromatic heterocycles. The van der Waals surface area contributed by atoms with Crippen molar-refractivity contribution in [2.24, 2.45) is 0 Å².